The zero-order valence-corrected chi connectivity index (χ0v) is 13.9. The lowest BCUT2D eigenvalue weighted by Gasteiger charge is -2.08. The van der Waals surface area contributed by atoms with Crippen LogP contribution in [-0.4, -0.2) is 10.8 Å². The minimum absolute atomic E-state index is 0.0354. The van der Waals surface area contributed by atoms with Gasteiger partial charge in [-0.25, -0.2) is 0 Å². The van der Waals surface area contributed by atoms with Gasteiger partial charge in [-0.3, -0.25) is 14.9 Å². The van der Waals surface area contributed by atoms with Crippen LogP contribution in [0.2, 0.25) is 10.0 Å². The van der Waals surface area contributed by atoms with Gasteiger partial charge in [0.15, 0.2) is 0 Å². The van der Waals surface area contributed by atoms with E-state index in [1.165, 1.54) is 24.3 Å². The normalized spacial score (nSPS) is 10.2. The molecule has 108 valence electrons. The fourth-order valence-electron chi connectivity index (χ4n) is 1.63. The number of amides is 1. The summed E-state index contributed by atoms with van der Waals surface area (Å²) in [7, 11) is 0. The van der Waals surface area contributed by atoms with Crippen molar-refractivity contribution < 1.29 is 9.72 Å². The minimum Gasteiger partial charge on any atom is -0.316 e. The number of carbonyl (C=O) groups is 1. The molecule has 0 aliphatic rings. The van der Waals surface area contributed by atoms with Crippen molar-refractivity contribution in [2.75, 3.05) is 5.32 Å². The molecule has 8 heteroatoms. The molecule has 0 heterocycles. The van der Waals surface area contributed by atoms with Gasteiger partial charge in [0.1, 0.15) is 5.69 Å². The Labute approximate surface area is 143 Å². The van der Waals surface area contributed by atoms with Gasteiger partial charge in [0.2, 0.25) is 0 Å². The van der Waals surface area contributed by atoms with E-state index in [1.54, 1.807) is 12.1 Å². The molecular formula is C13H7Cl2IN2O3. The van der Waals surface area contributed by atoms with Crippen LogP contribution < -0.4 is 5.32 Å². The molecule has 1 N–H and O–H groups in total. The number of hydrogen-bond donors (Lipinski definition) is 1. The van der Waals surface area contributed by atoms with E-state index in [1.807, 2.05) is 22.6 Å². The number of nitro groups is 1. The SMILES string of the molecule is O=C(Nc1cc(Cl)ccc1[N+](=O)[O-])c1cc(Cl)ccc1I. The van der Waals surface area contributed by atoms with Gasteiger partial charge in [-0.15, -0.1) is 0 Å². The number of carbonyl (C=O) groups excluding carboxylic acids is 1. The highest BCUT2D eigenvalue weighted by Crippen LogP contribution is 2.28. The number of nitrogens with zero attached hydrogens (tertiary/aromatic N) is 1. The molecule has 2 aromatic rings. The van der Waals surface area contributed by atoms with Gasteiger partial charge in [0.05, 0.1) is 10.5 Å². The molecule has 0 atom stereocenters. The van der Waals surface area contributed by atoms with Crippen molar-refractivity contribution in [1.29, 1.82) is 0 Å². The monoisotopic (exact) mass is 436 g/mol. The first-order valence-corrected chi connectivity index (χ1v) is 7.42. The van der Waals surface area contributed by atoms with Crippen LogP contribution in [0, 0.1) is 13.7 Å². The summed E-state index contributed by atoms with van der Waals surface area (Å²) in [6, 6.07) is 8.79. The smallest absolute Gasteiger partial charge is 0.292 e. The lowest BCUT2D eigenvalue weighted by atomic mass is 10.2. The molecule has 0 radical (unpaired) electrons. The Morgan fingerprint density at radius 1 is 1.14 bits per heavy atom. The second-order valence-corrected chi connectivity index (χ2v) is 6.03. The molecule has 0 unspecified atom stereocenters. The molecule has 2 aromatic carbocycles. The Morgan fingerprint density at radius 3 is 2.43 bits per heavy atom. The van der Waals surface area contributed by atoms with E-state index in [9.17, 15) is 14.9 Å². The number of benzene rings is 2. The van der Waals surface area contributed by atoms with E-state index in [2.05, 4.69) is 5.32 Å². The molecule has 21 heavy (non-hydrogen) atoms. The van der Waals surface area contributed by atoms with E-state index < -0.39 is 10.8 Å². The van der Waals surface area contributed by atoms with Crippen LogP contribution >= 0.6 is 45.8 Å². The largest absolute Gasteiger partial charge is 0.316 e. The highest BCUT2D eigenvalue weighted by molar-refractivity contribution is 14.1. The van der Waals surface area contributed by atoms with Crippen molar-refractivity contribution in [1.82, 2.24) is 0 Å². The van der Waals surface area contributed by atoms with Crippen LogP contribution in [0.4, 0.5) is 11.4 Å². The second kappa shape index (κ2) is 6.59. The van der Waals surface area contributed by atoms with Crippen molar-refractivity contribution in [2.24, 2.45) is 0 Å². The Hall–Kier alpha value is -1.38. The minimum atomic E-state index is -0.588. The van der Waals surface area contributed by atoms with E-state index in [0.29, 0.717) is 14.2 Å². The standard InChI is InChI=1S/C13H7Cl2IN2O3/c14-7-1-3-10(16)9(5-7)13(19)17-11-6-8(15)2-4-12(11)18(20)21/h1-6H,(H,17,19). The maximum Gasteiger partial charge on any atom is 0.292 e. The Balaban J connectivity index is 2.38. The van der Waals surface area contributed by atoms with Crippen molar-refractivity contribution in [2.45, 2.75) is 0 Å². The average molecular weight is 437 g/mol. The molecule has 5 nitrogen and oxygen atoms in total. The predicted octanol–water partition coefficient (Wildman–Crippen LogP) is 4.76. The lowest BCUT2D eigenvalue weighted by molar-refractivity contribution is -0.383. The second-order valence-electron chi connectivity index (χ2n) is 4.00. The van der Waals surface area contributed by atoms with Gasteiger partial charge >= 0.3 is 0 Å². The summed E-state index contributed by atoms with van der Waals surface area (Å²) in [6.07, 6.45) is 0. The first-order chi connectivity index (χ1) is 9.88. The van der Waals surface area contributed by atoms with Gasteiger partial charge in [0, 0.05) is 19.7 Å². The van der Waals surface area contributed by atoms with Crippen LogP contribution in [0.15, 0.2) is 36.4 Å². The van der Waals surface area contributed by atoms with E-state index >= 15 is 0 Å². The van der Waals surface area contributed by atoms with E-state index in [0.717, 1.165) is 0 Å². The number of nitro benzene ring substituents is 1. The van der Waals surface area contributed by atoms with E-state index in [-0.39, 0.29) is 16.4 Å². The highest BCUT2D eigenvalue weighted by Gasteiger charge is 2.18. The molecule has 2 rings (SSSR count). The maximum atomic E-state index is 12.2. The zero-order valence-electron chi connectivity index (χ0n) is 10.3. The molecule has 0 saturated heterocycles. The summed E-state index contributed by atoms with van der Waals surface area (Å²) in [5.74, 6) is -0.493. The average Bonchev–Trinajstić information content (AvgIpc) is 2.41. The molecule has 0 aliphatic carbocycles. The van der Waals surface area contributed by atoms with Crippen molar-refractivity contribution in [3.05, 3.63) is 65.7 Å². The van der Waals surface area contributed by atoms with Crippen LogP contribution in [0.3, 0.4) is 0 Å². The zero-order chi connectivity index (χ0) is 15.6. The summed E-state index contributed by atoms with van der Waals surface area (Å²) >= 11 is 13.7. The molecule has 1 amide bonds. The quantitative estimate of drug-likeness (QED) is 0.428. The van der Waals surface area contributed by atoms with Gasteiger partial charge in [-0.05, 0) is 52.9 Å². The number of anilines is 1. The summed E-state index contributed by atoms with van der Waals surface area (Å²) in [6.45, 7) is 0. The third-order valence-corrected chi connectivity index (χ3v) is 3.99. The van der Waals surface area contributed by atoms with Crippen LogP contribution in [0.5, 0.6) is 0 Å². The third kappa shape index (κ3) is 3.84. The molecule has 0 bridgehead atoms. The molecular weight excluding hydrogens is 430 g/mol. The number of nitrogens with one attached hydrogen (secondary N) is 1. The fraction of sp³-hybridized carbons (Fsp3) is 0. The predicted molar refractivity (Wildman–Crippen MR) is 90.2 cm³/mol. The Morgan fingerprint density at radius 2 is 1.76 bits per heavy atom. The maximum absolute atomic E-state index is 12.2. The topological polar surface area (TPSA) is 72.2 Å². The first-order valence-electron chi connectivity index (χ1n) is 5.59. The molecule has 0 fully saturated rings. The Bertz CT molecular complexity index is 737. The van der Waals surface area contributed by atoms with Gasteiger partial charge in [-0.2, -0.15) is 0 Å². The molecule has 0 aromatic heterocycles. The Kier molecular flexibility index (Phi) is 5.02. The number of halogens is 3. The van der Waals surface area contributed by atoms with E-state index in [4.69, 9.17) is 23.2 Å². The van der Waals surface area contributed by atoms with Gasteiger partial charge < -0.3 is 5.32 Å². The van der Waals surface area contributed by atoms with Crippen LogP contribution in [0.1, 0.15) is 10.4 Å². The summed E-state index contributed by atoms with van der Waals surface area (Å²) < 4.78 is 0.680. The third-order valence-electron chi connectivity index (χ3n) is 2.58. The molecule has 0 saturated carbocycles. The lowest BCUT2D eigenvalue weighted by Crippen LogP contribution is -2.14. The van der Waals surface area contributed by atoms with Gasteiger partial charge in [0.25, 0.3) is 11.6 Å². The fourth-order valence-corrected chi connectivity index (χ4v) is 2.55. The first kappa shape index (κ1) is 16.0. The van der Waals surface area contributed by atoms with Crippen molar-refractivity contribution in [3.63, 3.8) is 0 Å². The van der Waals surface area contributed by atoms with Gasteiger partial charge in [-0.1, -0.05) is 23.2 Å². The van der Waals surface area contributed by atoms with Crippen LogP contribution in [-0.2, 0) is 0 Å². The molecule has 0 spiro atoms. The summed E-state index contributed by atoms with van der Waals surface area (Å²) in [5, 5.41) is 14.1. The number of rotatable bonds is 3. The summed E-state index contributed by atoms with van der Waals surface area (Å²) in [5.41, 5.74) is 0.135. The van der Waals surface area contributed by atoms with Crippen LogP contribution in [0.25, 0.3) is 0 Å². The molecule has 0 aliphatic heterocycles. The van der Waals surface area contributed by atoms with Crippen molar-refractivity contribution in [3.8, 4) is 0 Å². The summed E-state index contributed by atoms with van der Waals surface area (Å²) in [4.78, 5) is 22.6. The number of hydrogen-bond acceptors (Lipinski definition) is 3. The van der Waals surface area contributed by atoms with Crippen molar-refractivity contribution >= 4 is 63.1 Å². The highest BCUT2D eigenvalue weighted by atomic mass is 127.